The van der Waals surface area contributed by atoms with Gasteiger partial charge in [0.2, 0.25) is 0 Å². The summed E-state index contributed by atoms with van der Waals surface area (Å²) < 4.78 is 18.0. The van der Waals surface area contributed by atoms with E-state index in [4.69, 9.17) is 13.9 Å². The van der Waals surface area contributed by atoms with Crippen LogP contribution in [0, 0.1) is 0 Å². The normalized spacial score (nSPS) is 10.9. The number of hydrogen-bond acceptors (Lipinski definition) is 5. The van der Waals surface area contributed by atoms with Gasteiger partial charge in [-0.25, -0.2) is 4.79 Å². The highest BCUT2D eigenvalue weighted by molar-refractivity contribution is 6.07. The topological polar surface area (TPSA) is 65.7 Å². The number of hydrogen-bond donors (Lipinski definition) is 0. The Labute approximate surface area is 249 Å². The highest BCUT2D eigenvalue weighted by atomic mass is 16.5. The van der Waals surface area contributed by atoms with Crippen LogP contribution in [0.15, 0.2) is 132 Å². The van der Waals surface area contributed by atoms with E-state index in [2.05, 4.69) is 13.2 Å². The summed E-state index contributed by atoms with van der Waals surface area (Å²) in [6.07, 6.45) is 3.56. The van der Waals surface area contributed by atoms with Crippen molar-refractivity contribution in [2.45, 2.75) is 13.2 Å². The fraction of sp³-hybridized carbons (Fsp3) is 0.0526. The maximum atomic E-state index is 13.4. The van der Waals surface area contributed by atoms with Crippen LogP contribution in [0.1, 0.15) is 32.6 Å². The predicted octanol–water partition coefficient (Wildman–Crippen LogP) is 8.79. The summed E-state index contributed by atoms with van der Waals surface area (Å²) in [7, 11) is 0. The van der Waals surface area contributed by atoms with Crippen LogP contribution < -0.4 is 10.2 Å². The molecule has 0 atom stereocenters. The summed E-state index contributed by atoms with van der Waals surface area (Å²) in [5.41, 5.74) is 6.84. The lowest BCUT2D eigenvalue weighted by Gasteiger charge is -2.18. The Bertz CT molecular complexity index is 1980. The molecule has 0 fully saturated rings. The Balaban J connectivity index is 1.37. The molecule has 1 aliphatic carbocycles. The molecule has 2 aliphatic rings. The fourth-order valence-corrected chi connectivity index (χ4v) is 5.00. The number of benzene rings is 5. The van der Waals surface area contributed by atoms with Crippen molar-refractivity contribution in [3.8, 4) is 28.2 Å². The van der Waals surface area contributed by atoms with Gasteiger partial charge < -0.3 is 13.9 Å². The lowest BCUT2D eigenvalue weighted by atomic mass is 9.91. The molecule has 0 aromatic heterocycles. The molecule has 4 aromatic rings. The summed E-state index contributed by atoms with van der Waals surface area (Å²) in [6.45, 7) is 8.07. The molecular weight excluding hydrogens is 536 g/mol. The summed E-state index contributed by atoms with van der Waals surface area (Å²) in [6, 6.07) is 33.2. The molecule has 0 radical (unpaired) electrons. The molecule has 0 saturated carbocycles. The lowest BCUT2D eigenvalue weighted by molar-refractivity contribution is 0.0473. The van der Waals surface area contributed by atoms with Crippen LogP contribution >= 0.6 is 0 Å². The first-order chi connectivity index (χ1) is 21.0. The molecule has 1 aliphatic heterocycles. The zero-order chi connectivity index (χ0) is 29.8. The van der Waals surface area contributed by atoms with Gasteiger partial charge in [0, 0.05) is 28.6 Å². The van der Waals surface area contributed by atoms with Gasteiger partial charge in [-0.15, -0.1) is 0 Å². The van der Waals surface area contributed by atoms with Crippen LogP contribution in [0.3, 0.4) is 0 Å². The van der Waals surface area contributed by atoms with Gasteiger partial charge in [-0.2, -0.15) is 0 Å². The molecule has 1 heterocycles. The highest BCUT2D eigenvalue weighted by Crippen LogP contribution is 2.42. The van der Waals surface area contributed by atoms with Crippen molar-refractivity contribution in [2.24, 2.45) is 0 Å². The number of fused-ring (bicyclic) bond motifs is 2. The third-order valence-electron chi connectivity index (χ3n) is 7.29. The second kappa shape index (κ2) is 12.0. The van der Waals surface area contributed by atoms with E-state index in [0.717, 1.165) is 33.2 Å². The third-order valence-corrected chi connectivity index (χ3v) is 7.29. The van der Waals surface area contributed by atoms with Crippen LogP contribution in [0.4, 0.5) is 0 Å². The summed E-state index contributed by atoms with van der Waals surface area (Å²) in [5.74, 6) is 0.578. The monoisotopic (exact) mass is 564 g/mol. The molecule has 0 unspecified atom stereocenters. The lowest BCUT2D eigenvalue weighted by Crippen LogP contribution is -2.08. The molecular formula is C38H28O5. The van der Waals surface area contributed by atoms with Gasteiger partial charge in [-0.3, -0.25) is 4.79 Å². The smallest absolute Gasteiger partial charge is 0.339 e. The van der Waals surface area contributed by atoms with Crippen molar-refractivity contribution < 1.29 is 18.7 Å². The minimum Gasteiger partial charge on any atom is -0.489 e. The molecule has 43 heavy (non-hydrogen) atoms. The van der Waals surface area contributed by atoms with Crippen molar-refractivity contribution in [3.05, 3.63) is 160 Å². The number of rotatable bonds is 9. The maximum Gasteiger partial charge on any atom is 0.339 e. The SMILES string of the molecule is C=Cc1ccc(COC(=O)c2ccccc2-c2c3ccc(=O)cc-3oc3cc(OCc4ccc(C=C)cc4)ccc23)cc1. The molecule has 6 rings (SSSR count). The van der Waals surface area contributed by atoms with E-state index >= 15 is 0 Å². The second-order valence-electron chi connectivity index (χ2n) is 10.1. The molecule has 4 aromatic carbocycles. The van der Waals surface area contributed by atoms with Crippen LogP contribution in [0.5, 0.6) is 5.75 Å². The van der Waals surface area contributed by atoms with E-state index in [-0.39, 0.29) is 12.0 Å². The minimum absolute atomic E-state index is 0.132. The van der Waals surface area contributed by atoms with Gasteiger partial charge >= 0.3 is 5.97 Å². The van der Waals surface area contributed by atoms with E-state index in [1.54, 1.807) is 30.4 Å². The summed E-state index contributed by atoms with van der Waals surface area (Å²) >= 11 is 0. The number of esters is 1. The largest absolute Gasteiger partial charge is 0.489 e. The Morgan fingerprint density at radius 2 is 1.40 bits per heavy atom. The van der Waals surface area contributed by atoms with Gasteiger partial charge in [0.1, 0.15) is 30.3 Å². The Hall–Kier alpha value is -5.68. The minimum atomic E-state index is -0.451. The fourth-order valence-electron chi connectivity index (χ4n) is 5.00. The standard InChI is InChI=1S/C38H28O5/c1-3-25-9-13-27(14-10-25)23-41-30-18-20-34-36(22-30)43-35-21-29(39)17-19-33(35)37(34)31-7-5-6-8-32(31)38(40)42-24-28-15-11-26(4-2)12-16-28/h3-22H,1-2,23-24H2. The molecule has 0 saturated heterocycles. The summed E-state index contributed by atoms with van der Waals surface area (Å²) in [5, 5.41) is 0.772. The zero-order valence-corrected chi connectivity index (χ0v) is 23.4. The van der Waals surface area contributed by atoms with Gasteiger partial charge in [0.05, 0.1) is 5.56 Å². The highest BCUT2D eigenvalue weighted by Gasteiger charge is 2.22. The van der Waals surface area contributed by atoms with Crippen LogP contribution in [-0.2, 0) is 18.0 Å². The molecule has 0 amide bonds. The van der Waals surface area contributed by atoms with Gasteiger partial charge in [0.25, 0.3) is 0 Å². The Morgan fingerprint density at radius 1 is 0.721 bits per heavy atom. The average molecular weight is 565 g/mol. The molecule has 210 valence electrons. The van der Waals surface area contributed by atoms with Gasteiger partial charge in [-0.05, 0) is 58.1 Å². The van der Waals surface area contributed by atoms with E-state index < -0.39 is 5.97 Å². The molecule has 0 N–H and O–H groups in total. The van der Waals surface area contributed by atoms with Crippen LogP contribution in [-0.4, -0.2) is 5.97 Å². The zero-order valence-electron chi connectivity index (χ0n) is 23.4. The summed E-state index contributed by atoms with van der Waals surface area (Å²) in [4.78, 5) is 25.7. The quantitative estimate of drug-likeness (QED) is 0.130. The average Bonchev–Trinajstić information content (AvgIpc) is 3.05. The molecule has 5 nitrogen and oxygen atoms in total. The van der Waals surface area contributed by atoms with Gasteiger partial charge in [0.15, 0.2) is 5.43 Å². The van der Waals surface area contributed by atoms with Crippen molar-refractivity contribution in [1.29, 1.82) is 0 Å². The Morgan fingerprint density at radius 3 is 2.09 bits per heavy atom. The van der Waals surface area contributed by atoms with Crippen molar-refractivity contribution in [3.63, 3.8) is 0 Å². The Kier molecular flexibility index (Phi) is 7.70. The number of carbonyl (C=O) groups excluding carboxylic acids is 1. The number of ether oxygens (including phenoxy) is 2. The first kappa shape index (κ1) is 27.5. The van der Waals surface area contributed by atoms with Crippen molar-refractivity contribution in [2.75, 3.05) is 0 Å². The van der Waals surface area contributed by atoms with E-state index in [9.17, 15) is 9.59 Å². The maximum absolute atomic E-state index is 13.4. The third kappa shape index (κ3) is 5.88. The van der Waals surface area contributed by atoms with Crippen LogP contribution in [0.25, 0.3) is 45.6 Å². The van der Waals surface area contributed by atoms with Crippen molar-refractivity contribution >= 4 is 29.1 Å². The predicted molar refractivity (Wildman–Crippen MR) is 171 cm³/mol. The second-order valence-corrected chi connectivity index (χ2v) is 10.1. The molecule has 5 heteroatoms. The van der Waals surface area contributed by atoms with Crippen molar-refractivity contribution in [1.82, 2.24) is 0 Å². The van der Waals surface area contributed by atoms with Gasteiger partial charge in [-0.1, -0.05) is 92.0 Å². The molecule has 0 spiro atoms. The first-order valence-electron chi connectivity index (χ1n) is 13.8. The van der Waals surface area contributed by atoms with E-state index in [1.165, 1.54) is 12.1 Å². The first-order valence-corrected chi connectivity index (χ1v) is 13.8. The van der Waals surface area contributed by atoms with Crippen LogP contribution in [0.2, 0.25) is 0 Å². The van der Waals surface area contributed by atoms with E-state index in [1.807, 2.05) is 78.9 Å². The van der Waals surface area contributed by atoms with E-state index in [0.29, 0.717) is 40.4 Å². The number of carbonyl (C=O) groups is 1. The molecule has 0 bridgehead atoms.